The van der Waals surface area contributed by atoms with Gasteiger partial charge >= 0.3 is 5.97 Å². The van der Waals surface area contributed by atoms with Crippen LogP contribution in [0.15, 0.2) is 24.5 Å². The molecule has 0 saturated heterocycles. The molecule has 0 aliphatic carbocycles. The Morgan fingerprint density at radius 2 is 2.15 bits per heavy atom. The topological polar surface area (TPSA) is 92.3 Å². The Morgan fingerprint density at radius 1 is 1.40 bits per heavy atom. The summed E-state index contributed by atoms with van der Waals surface area (Å²) in [7, 11) is 2.86. The van der Waals surface area contributed by atoms with Crippen molar-refractivity contribution in [3.05, 3.63) is 35.9 Å². The summed E-state index contributed by atoms with van der Waals surface area (Å²) in [4.78, 5) is 15.3. The summed E-state index contributed by atoms with van der Waals surface area (Å²) < 4.78 is 11.4. The van der Waals surface area contributed by atoms with Crippen molar-refractivity contribution in [1.29, 1.82) is 0 Å². The average molecular weight is 276 g/mol. The fourth-order valence-electron chi connectivity index (χ4n) is 1.93. The normalized spacial score (nSPS) is 12.0. The van der Waals surface area contributed by atoms with Gasteiger partial charge in [0.05, 0.1) is 19.9 Å². The van der Waals surface area contributed by atoms with Gasteiger partial charge in [0.15, 0.2) is 0 Å². The average Bonchev–Trinajstić information content (AvgIpc) is 2.95. The summed E-state index contributed by atoms with van der Waals surface area (Å²) in [5, 5.41) is 4.09. The highest BCUT2D eigenvalue weighted by molar-refractivity contribution is 5.84. The lowest BCUT2D eigenvalue weighted by Crippen LogP contribution is -2.12. The van der Waals surface area contributed by atoms with E-state index in [0.29, 0.717) is 11.4 Å². The second-order valence-corrected chi connectivity index (χ2v) is 4.19. The minimum atomic E-state index is -0.589. The molecule has 0 amide bonds. The monoisotopic (exact) mass is 276 g/mol. The van der Waals surface area contributed by atoms with Crippen LogP contribution in [0.3, 0.4) is 0 Å². The van der Waals surface area contributed by atoms with Crippen molar-refractivity contribution >= 4 is 5.97 Å². The molecule has 0 aliphatic rings. The number of nitrogens with zero attached hydrogens (tertiary/aromatic N) is 3. The van der Waals surface area contributed by atoms with Crippen molar-refractivity contribution < 1.29 is 14.3 Å². The molecule has 0 radical (unpaired) electrons. The summed E-state index contributed by atoms with van der Waals surface area (Å²) in [5.41, 5.74) is 7.49. The van der Waals surface area contributed by atoms with Crippen LogP contribution in [0.2, 0.25) is 0 Å². The maximum absolute atomic E-state index is 11.4. The van der Waals surface area contributed by atoms with Crippen LogP contribution in [0.5, 0.6) is 5.75 Å². The van der Waals surface area contributed by atoms with Crippen LogP contribution in [0.25, 0.3) is 5.69 Å². The van der Waals surface area contributed by atoms with Crippen LogP contribution >= 0.6 is 0 Å². The van der Waals surface area contributed by atoms with Crippen LogP contribution in [0.4, 0.5) is 0 Å². The highest BCUT2D eigenvalue weighted by Crippen LogP contribution is 2.29. The largest absolute Gasteiger partial charge is 0.496 e. The summed E-state index contributed by atoms with van der Waals surface area (Å²) in [6.45, 7) is 1.85. The molecular formula is C13H16N4O3. The predicted molar refractivity (Wildman–Crippen MR) is 71.9 cm³/mol. The van der Waals surface area contributed by atoms with Gasteiger partial charge < -0.3 is 15.2 Å². The van der Waals surface area contributed by atoms with Crippen molar-refractivity contribution in [3.63, 3.8) is 0 Å². The third kappa shape index (κ3) is 2.48. The van der Waals surface area contributed by atoms with Crippen molar-refractivity contribution in [2.75, 3.05) is 14.2 Å². The number of carbonyl (C=O) groups excluding carboxylic acids is 1. The van der Waals surface area contributed by atoms with Gasteiger partial charge in [0.25, 0.3) is 5.82 Å². The van der Waals surface area contributed by atoms with Crippen LogP contribution in [-0.4, -0.2) is 35.0 Å². The first-order chi connectivity index (χ1) is 9.58. The molecule has 0 saturated carbocycles. The number of hydrogen-bond donors (Lipinski definition) is 1. The molecule has 1 aromatic carbocycles. The standard InChI is InChI=1S/C13H16N4O3/c1-8(14)11-9(5-4-6-10(11)19-2)17-7-15-12(16-17)13(18)20-3/h4-8H,14H2,1-3H3/t8-/m1/s1. The summed E-state index contributed by atoms with van der Waals surface area (Å²) >= 11 is 0. The van der Waals surface area contributed by atoms with Crippen molar-refractivity contribution in [3.8, 4) is 11.4 Å². The lowest BCUT2D eigenvalue weighted by molar-refractivity contribution is 0.0587. The quantitative estimate of drug-likeness (QED) is 0.840. The van der Waals surface area contributed by atoms with Gasteiger partial charge in [-0.05, 0) is 19.1 Å². The number of esters is 1. The Labute approximate surface area is 116 Å². The number of benzene rings is 1. The van der Waals surface area contributed by atoms with Gasteiger partial charge in [0, 0.05) is 11.6 Å². The third-order valence-corrected chi connectivity index (χ3v) is 2.83. The number of nitrogens with two attached hydrogens (primary N) is 1. The second-order valence-electron chi connectivity index (χ2n) is 4.19. The number of ether oxygens (including phenoxy) is 2. The van der Waals surface area contributed by atoms with Gasteiger partial charge in [-0.3, -0.25) is 0 Å². The van der Waals surface area contributed by atoms with E-state index in [1.54, 1.807) is 7.11 Å². The van der Waals surface area contributed by atoms with E-state index in [4.69, 9.17) is 10.5 Å². The first-order valence-electron chi connectivity index (χ1n) is 6.01. The highest BCUT2D eigenvalue weighted by atomic mass is 16.5. The minimum Gasteiger partial charge on any atom is -0.496 e. The molecule has 1 heterocycles. The molecule has 2 rings (SSSR count). The molecular weight excluding hydrogens is 260 g/mol. The van der Waals surface area contributed by atoms with E-state index >= 15 is 0 Å². The van der Waals surface area contributed by atoms with Crippen LogP contribution in [0, 0.1) is 0 Å². The molecule has 7 heteroatoms. The molecule has 20 heavy (non-hydrogen) atoms. The molecule has 2 aromatic rings. The molecule has 7 nitrogen and oxygen atoms in total. The minimum absolute atomic E-state index is 0.00838. The molecule has 0 fully saturated rings. The van der Waals surface area contributed by atoms with E-state index in [2.05, 4.69) is 14.8 Å². The van der Waals surface area contributed by atoms with E-state index in [1.807, 2.05) is 25.1 Å². The number of rotatable bonds is 4. The molecule has 0 bridgehead atoms. The summed E-state index contributed by atoms with van der Waals surface area (Å²) in [6, 6.07) is 5.21. The Balaban J connectivity index is 2.52. The first kappa shape index (κ1) is 14.0. The molecule has 0 unspecified atom stereocenters. The van der Waals surface area contributed by atoms with Crippen molar-refractivity contribution in [2.45, 2.75) is 13.0 Å². The first-order valence-corrected chi connectivity index (χ1v) is 6.01. The number of carbonyl (C=O) groups is 1. The van der Waals surface area contributed by atoms with Gasteiger partial charge in [0.1, 0.15) is 12.1 Å². The van der Waals surface area contributed by atoms with Gasteiger partial charge in [-0.25, -0.2) is 14.5 Å². The zero-order chi connectivity index (χ0) is 14.7. The lowest BCUT2D eigenvalue weighted by atomic mass is 10.1. The van der Waals surface area contributed by atoms with Crippen LogP contribution in [-0.2, 0) is 4.74 Å². The van der Waals surface area contributed by atoms with Crippen molar-refractivity contribution in [1.82, 2.24) is 14.8 Å². The molecule has 106 valence electrons. The maximum Gasteiger partial charge on any atom is 0.377 e. The third-order valence-electron chi connectivity index (χ3n) is 2.83. The van der Waals surface area contributed by atoms with Crippen LogP contribution in [0.1, 0.15) is 29.1 Å². The van der Waals surface area contributed by atoms with Gasteiger partial charge in [-0.1, -0.05) is 6.07 Å². The number of methoxy groups -OCH3 is 2. The van der Waals surface area contributed by atoms with E-state index in [0.717, 1.165) is 5.56 Å². The van der Waals surface area contributed by atoms with Gasteiger partial charge in [-0.15, -0.1) is 5.10 Å². The second kappa shape index (κ2) is 5.70. The van der Waals surface area contributed by atoms with E-state index < -0.39 is 5.97 Å². The summed E-state index contributed by atoms with van der Waals surface area (Å²) in [6.07, 6.45) is 1.44. The smallest absolute Gasteiger partial charge is 0.377 e. The molecule has 1 aromatic heterocycles. The zero-order valence-electron chi connectivity index (χ0n) is 11.5. The van der Waals surface area contributed by atoms with Gasteiger partial charge in [0.2, 0.25) is 0 Å². The fourth-order valence-corrected chi connectivity index (χ4v) is 1.93. The summed E-state index contributed by atoms with van der Waals surface area (Å²) in [5.74, 6) is 0.0626. The molecule has 0 aliphatic heterocycles. The Kier molecular flexibility index (Phi) is 3.99. The Hall–Kier alpha value is -2.41. The highest BCUT2D eigenvalue weighted by Gasteiger charge is 2.17. The number of hydrogen-bond acceptors (Lipinski definition) is 6. The van der Waals surface area contributed by atoms with Gasteiger partial charge in [-0.2, -0.15) is 0 Å². The molecule has 1 atom stereocenters. The number of aromatic nitrogens is 3. The molecule has 2 N–H and O–H groups in total. The van der Waals surface area contributed by atoms with E-state index in [9.17, 15) is 4.79 Å². The lowest BCUT2D eigenvalue weighted by Gasteiger charge is -2.16. The maximum atomic E-state index is 11.4. The predicted octanol–water partition coefficient (Wildman–Crippen LogP) is 1.08. The Bertz CT molecular complexity index is 622. The van der Waals surface area contributed by atoms with Crippen LogP contribution < -0.4 is 10.5 Å². The zero-order valence-corrected chi connectivity index (χ0v) is 11.5. The van der Waals surface area contributed by atoms with Crippen molar-refractivity contribution in [2.24, 2.45) is 5.73 Å². The Morgan fingerprint density at radius 3 is 2.75 bits per heavy atom. The van der Waals surface area contributed by atoms with E-state index in [1.165, 1.54) is 18.1 Å². The fraction of sp³-hybridized carbons (Fsp3) is 0.308. The van der Waals surface area contributed by atoms with E-state index in [-0.39, 0.29) is 11.9 Å². The SMILES string of the molecule is COC(=O)c1ncn(-c2cccc(OC)c2[C@@H](C)N)n1. The molecule has 0 spiro atoms.